The van der Waals surface area contributed by atoms with Crippen molar-refractivity contribution in [2.45, 2.75) is 17.6 Å². The largest absolute Gasteiger partial charge is 0.508 e. The van der Waals surface area contributed by atoms with Crippen LogP contribution in [-0.4, -0.2) is 21.7 Å². The van der Waals surface area contributed by atoms with E-state index in [1.54, 1.807) is 6.07 Å². The van der Waals surface area contributed by atoms with Gasteiger partial charge in [-0.25, -0.2) is 0 Å². The van der Waals surface area contributed by atoms with Gasteiger partial charge in [-0.05, 0) is 35.6 Å². The molecule has 0 bridgehead atoms. The molecule has 15 heavy (non-hydrogen) atoms. The molecule has 1 heterocycles. The molecule has 2 nitrogen and oxygen atoms in total. The average Bonchev–Trinajstić information content (AvgIpc) is 2.31. The molecule has 82 valence electrons. The van der Waals surface area contributed by atoms with Crippen molar-refractivity contribution in [1.82, 2.24) is 0 Å². The number of phenols is 1. The molecule has 0 spiro atoms. The zero-order valence-corrected chi connectivity index (χ0v) is 9.98. The molecule has 0 unspecified atom stereocenters. The molecule has 1 aromatic carbocycles. The monoisotopic (exact) mass is 242 g/mol. The lowest BCUT2D eigenvalue weighted by Crippen LogP contribution is -2.00. The van der Waals surface area contributed by atoms with E-state index in [1.807, 2.05) is 35.7 Å². The summed E-state index contributed by atoms with van der Waals surface area (Å²) in [6.45, 7) is -0.0955. The van der Waals surface area contributed by atoms with Crippen LogP contribution in [0.3, 0.4) is 0 Å². The summed E-state index contributed by atoms with van der Waals surface area (Å²) in [5.74, 6) is 2.59. The van der Waals surface area contributed by atoms with E-state index in [0.717, 1.165) is 0 Å². The smallest absolute Gasteiger partial charge is 0.121 e. The molecule has 1 aromatic rings. The molecular weight excluding hydrogens is 228 g/mol. The summed E-state index contributed by atoms with van der Waals surface area (Å²) in [7, 11) is 0. The summed E-state index contributed by atoms with van der Waals surface area (Å²) in [5.41, 5.74) is 1.82. The number of aliphatic hydroxyl groups is 1. The summed E-state index contributed by atoms with van der Waals surface area (Å²) in [4.78, 5) is 0. The first kappa shape index (κ1) is 11.2. The first-order chi connectivity index (χ1) is 7.31. The van der Waals surface area contributed by atoms with Crippen LogP contribution >= 0.6 is 23.5 Å². The van der Waals surface area contributed by atoms with E-state index < -0.39 is 0 Å². The summed E-state index contributed by atoms with van der Waals surface area (Å²) < 4.78 is 0.463. The number of aromatic hydroxyl groups is 1. The van der Waals surface area contributed by atoms with Gasteiger partial charge in [0.05, 0.1) is 11.2 Å². The van der Waals surface area contributed by atoms with Crippen LogP contribution in [0, 0.1) is 0 Å². The Kier molecular flexibility index (Phi) is 3.83. The van der Waals surface area contributed by atoms with Crippen LogP contribution in [0.5, 0.6) is 5.75 Å². The number of rotatable bonds is 2. The van der Waals surface area contributed by atoms with Crippen LogP contribution in [0.15, 0.2) is 18.2 Å². The maximum atomic E-state index is 9.46. The van der Waals surface area contributed by atoms with Crippen LogP contribution in [0.25, 0.3) is 0 Å². The third-order valence-corrected chi connectivity index (χ3v) is 5.39. The Bertz CT molecular complexity index is 335. The molecule has 0 saturated carbocycles. The third-order valence-electron chi connectivity index (χ3n) is 2.37. The van der Waals surface area contributed by atoms with Crippen molar-refractivity contribution >= 4 is 23.5 Å². The molecule has 1 aliphatic rings. The van der Waals surface area contributed by atoms with Gasteiger partial charge in [0.15, 0.2) is 0 Å². The number of aliphatic hydroxyl groups excluding tert-OH is 1. The molecule has 1 aliphatic heterocycles. The van der Waals surface area contributed by atoms with Gasteiger partial charge in [-0.2, -0.15) is 0 Å². The Morgan fingerprint density at radius 1 is 1.27 bits per heavy atom. The fourth-order valence-electron chi connectivity index (χ4n) is 1.56. The molecule has 0 atom stereocenters. The van der Waals surface area contributed by atoms with Gasteiger partial charge in [-0.15, -0.1) is 23.5 Å². The predicted octanol–water partition coefficient (Wildman–Crippen LogP) is 2.75. The normalized spacial score (nSPS) is 17.9. The van der Waals surface area contributed by atoms with Crippen LogP contribution in [0.1, 0.15) is 22.1 Å². The number of benzene rings is 1. The van der Waals surface area contributed by atoms with Gasteiger partial charge in [0.2, 0.25) is 0 Å². The Morgan fingerprint density at radius 3 is 2.67 bits per heavy atom. The molecule has 0 aromatic heterocycles. The SMILES string of the molecule is OCc1cc(C2SCCCS2)ccc1O. The van der Waals surface area contributed by atoms with Crippen molar-refractivity contribution < 1.29 is 10.2 Å². The summed E-state index contributed by atoms with van der Waals surface area (Å²) in [5, 5.41) is 18.5. The summed E-state index contributed by atoms with van der Waals surface area (Å²) in [6.07, 6.45) is 1.27. The first-order valence-corrected chi connectivity index (χ1v) is 7.07. The van der Waals surface area contributed by atoms with Crippen molar-refractivity contribution in [3.05, 3.63) is 29.3 Å². The van der Waals surface area contributed by atoms with E-state index in [9.17, 15) is 5.11 Å². The van der Waals surface area contributed by atoms with Gasteiger partial charge in [0.25, 0.3) is 0 Å². The quantitative estimate of drug-likeness (QED) is 0.836. The van der Waals surface area contributed by atoms with Crippen LogP contribution in [0.2, 0.25) is 0 Å². The first-order valence-electron chi connectivity index (χ1n) is 4.97. The van der Waals surface area contributed by atoms with Crippen molar-refractivity contribution in [3.63, 3.8) is 0 Å². The van der Waals surface area contributed by atoms with Gasteiger partial charge >= 0.3 is 0 Å². The minimum Gasteiger partial charge on any atom is -0.508 e. The number of hydrogen-bond donors (Lipinski definition) is 2. The van der Waals surface area contributed by atoms with Gasteiger partial charge in [0, 0.05) is 5.56 Å². The van der Waals surface area contributed by atoms with Crippen molar-refractivity contribution in [3.8, 4) is 5.75 Å². The Labute approximate surface area is 98.1 Å². The minimum absolute atomic E-state index is 0.0955. The highest BCUT2D eigenvalue weighted by Crippen LogP contribution is 2.44. The van der Waals surface area contributed by atoms with Gasteiger partial charge < -0.3 is 10.2 Å². The Hall–Kier alpha value is -0.320. The summed E-state index contributed by atoms with van der Waals surface area (Å²) in [6, 6.07) is 5.53. The fraction of sp³-hybridized carbons (Fsp3) is 0.455. The standard InChI is InChI=1S/C11H14O2S2/c12-7-9-6-8(2-3-10(9)13)11-14-4-1-5-15-11/h2-3,6,11-13H,1,4-5,7H2. The molecule has 4 heteroatoms. The lowest BCUT2D eigenvalue weighted by molar-refractivity contribution is 0.275. The highest BCUT2D eigenvalue weighted by Gasteiger charge is 2.17. The zero-order chi connectivity index (χ0) is 10.7. The topological polar surface area (TPSA) is 40.5 Å². The van der Waals surface area contributed by atoms with Gasteiger partial charge in [0.1, 0.15) is 5.75 Å². The fourth-order valence-corrected chi connectivity index (χ4v) is 4.43. The molecule has 0 aliphatic carbocycles. The molecule has 2 rings (SSSR count). The van der Waals surface area contributed by atoms with E-state index in [0.29, 0.717) is 10.1 Å². The molecule has 2 N–H and O–H groups in total. The molecule has 1 saturated heterocycles. The van der Waals surface area contributed by atoms with E-state index in [-0.39, 0.29) is 12.4 Å². The van der Waals surface area contributed by atoms with Crippen molar-refractivity contribution in [2.75, 3.05) is 11.5 Å². The lowest BCUT2D eigenvalue weighted by Gasteiger charge is -2.21. The number of hydrogen-bond acceptors (Lipinski definition) is 4. The van der Waals surface area contributed by atoms with E-state index in [4.69, 9.17) is 5.11 Å². The predicted molar refractivity (Wildman–Crippen MR) is 66.3 cm³/mol. The average molecular weight is 242 g/mol. The van der Waals surface area contributed by atoms with Crippen LogP contribution in [-0.2, 0) is 6.61 Å². The maximum Gasteiger partial charge on any atom is 0.121 e. The molecular formula is C11H14O2S2. The second-order valence-corrected chi connectivity index (χ2v) is 6.20. The lowest BCUT2D eigenvalue weighted by atomic mass is 10.1. The van der Waals surface area contributed by atoms with Crippen molar-refractivity contribution in [1.29, 1.82) is 0 Å². The minimum atomic E-state index is -0.0955. The number of thioether (sulfide) groups is 2. The van der Waals surface area contributed by atoms with E-state index in [1.165, 1.54) is 23.5 Å². The third kappa shape index (κ3) is 2.62. The highest BCUT2D eigenvalue weighted by atomic mass is 32.2. The van der Waals surface area contributed by atoms with Gasteiger partial charge in [-0.3, -0.25) is 0 Å². The molecule has 1 fully saturated rings. The van der Waals surface area contributed by atoms with Crippen molar-refractivity contribution in [2.24, 2.45) is 0 Å². The summed E-state index contributed by atoms with van der Waals surface area (Å²) >= 11 is 3.88. The van der Waals surface area contributed by atoms with E-state index >= 15 is 0 Å². The van der Waals surface area contributed by atoms with Crippen LogP contribution in [0.4, 0.5) is 0 Å². The van der Waals surface area contributed by atoms with Gasteiger partial charge in [-0.1, -0.05) is 6.07 Å². The van der Waals surface area contributed by atoms with Crippen LogP contribution < -0.4 is 0 Å². The molecule has 0 amide bonds. The highest BCUT2D eigenvalue weighted by molar-refractivity contribution is 8.16. The second kappa shape index (κ2) is 5.14. The zero-order valence-electron chi connectivity index (χ0n) is 8.35. The second-order valence-electron chi connectivity index (χ2n) is 3.47. The van der Waals surface area contributed by atoms with E-state index in [2.05, 4.69) is 0 Å². The Morgan fingerprint density at radius 2 is 2.00 bits per heavy atom. The Balaban J connectivity index is 2.20. The maximum absolute atomic E-state index is 9.46. The molecule has 0 radical (unpaired) electrons.